The summed E-state index contributed by atoms with van der Waals surface area (Å²) in [5.41, 5.74) is 0.395. The van der Waals surface area contributed by atoms with Crippen molar-refractivity contribution in [2.75, 3.05) is 12.9 Å². The van der Waals surface area contributed by atoms with Crippen LogP contribution >= 0.6 is 23.2 Å². The fourth-order valence-electron chi connectivity index (χ4n) is 1.90. The van der Waals surface area contributed by atoms with Crippen LogP contribution in [0, 0.1) is 0 Å². The van der Waals surface area contributed by atoms with Gasteiger partial charge in [0, 0.05) is 0 Å². The van der Waals surface area contributed by atoms with E-state index in [0.29, 0.717) is 16.3 Å². The largest absolute Gasteiger partial charge is 0.497 e. The van der Waals surface area contributed by atoms with Crippen LogP contribution in [0.5, 0.6) is 5.75 Å². The van der Waals surface area contributed by atoms with Gasteiger partial charge in [-0.15, -0.1) is 0 Å². The van der Waals surface area contributed by atoms with Gasteiger partial charge in [-0.05, 0) is 42.0 Å². The van der Waals surface area contributed by atoms with Crippen molar-refractivity contribution in [3.05, 3.63) is 58.1 Å². The van der Waals surface area contributed by atoms with Gasteiger partial charge in [-0.25, -0.2) is 8.42 Å². The fraction of sp³-hybridized carbons (Fsp3) is 0.200. The molecule has 1 atom stereocenters. The van der Waals surface area contributed by atoms with Gasteiger partial charge in [-0.2, -0.15) is 0 Å². The smallest absolute Gasteiger partial charge is 0.181 e. The number of sulfone groups is 1. The molecule has 1 unspecified atom stereocenters. The van der Waals surface area contributed by atoms with Gasteiger partial charge in [0.25, 0.3) is 0 Å². The number of rotatable bonds is 5. The Morgan fingerprint density at radius 3 is 2.27 bits per heavy atom. The molecule has 0 fully saturated rings. The van der Waals surface area contributed by atoms with Crippen molar-refractivity contribution in [3.63, 3.8) is 0 Å². The van der Waals surface area contributed by atoms with Crippen molar-refractivity contribution in [1.82, 2.24) is 0 Å². The molecule has 4 nitrogen and oxygen atoms in total. The molecule has 0 spiro atoms. The number of benzene rings is 2. The zero-order valence-corrected chi connectivity index (χ0v) is 14.0. The third kappa shape index (κ3) is 3.93. The topological polar surface area (TPSA) is 63.6 Å². The lowest BCUT2D eigenvalue weighted by molar-refractivity contribution is 0.201. The van der Waals surface area contributed by atoms with Crippen LogP contribution in [0.1, 0.15) is 11.7 Å². The third-order valence-corrected chi connectivity index (χ3v) is 5.61. The summed E-state index contributed by atoms with van der Waals surface area (Å²) in [4.78, 5) is 0.118. The Hall–Kier alpha value is -1.27. The second-order valence-electron chi connectivity index (χ2n) is 4.65. The molecule has 1 N–H and O–H groups in total. The number of hydrogen-bond acceptors (Lipinski definition) is 4. The maximum atomic E-state index is 12.3. The van der Waals surface area contributed by atoms with E-state index in [9.17, 15) is 13.5 Å². The number of halogens is 2. The Balaban J connectivity index is 2.21. The first-order chi connectivity index (χ1) is 10.3. The molecule has 118 valence electrons. The Morgan fingerprint density at radius 1 is 1.09 bits per heavy atom. The minimum Gasteiger partial charge on any atom is -0.497 e. The first-order valence-corrected chi connectivity index (χ1v) is 8.74. The van der Waals surface area contributed by atoms with Gasteiger partial charge in [0.1, 0.15) is 5.75 Å². The number of aliphatic hydroxyl groups is 1. The molecule has 22 heavy (non-hydrogen) atoms. The predicted molar refractivity (Wildman–Crippen MR) is 86.5 cm³/mol. The van der Waals surface area contributed by atoms with Crippen molar-refractivity contribution < 1.29 is 18.3 Å². The van der Waals surface area contributed by atoms with Crippen LogP contribution in [-0.2, 0) is 9.84 Å². The van der Waals surface area contributed by atoms with Crippen molar-refractivity contribution in [2.45, 2.75) is 11.0 Å². The Labute approximate surface area is 139 Å². The SMILES string of the molecule is COc1ccc(S(=O)(=O)CC(O)c2ccc(Cl)c(Cl)c2)cc1. The Bertz CT molecular complexity index is 758. The zero-order chi connectivity index (χ0) is 16.3. The van der Waals surface area contributed by atoms with Crippen molar-refractivity contribution in [3.8, 4) is 5.75 Å². The second-order valence-corrected chi connectivity index (χ2v) is 7.49. The van der Waals surface area contributed by atoms with E-state index < -0.39 is 21.7 Å². The van der Waals surface area contributed by atoms with Crippen LogP contribution in [0.15, 0.2) is 47.4 Å². The maximum absolute atomic E-state index is 12.3. The lowest BCUT2D eigenvalue weighted by Gasteiger charge is -2.13. The average molecular weight is 361 g/mol. The molecular weight excluding hydrogens is 347 g/mol. The van der Waals surface area contributed by atoms with Gasteiger partial charge in [0.15, 0.2) is 9.84 Å². The zero-order valence-electron chi connectivity index (χ0n) is 11.7. The van der Waals surface area contributed by atoms with Crippen LogP contribution in [0.2, 0.25) is 10.0 Å². The lowest BCUT2D eigenvalue weighted by Crippen LogP contribution is -2.14. The lowest BCUT2D eigenvalue weighted by atomic mass is 10.1. The summed E-state index contributed by atoms with van der Waals surface area (Å²) in [7, 11) is -2.14. The van der Waals surface area contributed by atoms with E-state index in [-0.39, 0.29) is 9.92 Å². The highest BCUT2D eigenvalue weighted by atomic mass is 35.5. The van der Waals surface area contributed by atoms with E-state index in [1.807, 2.05) is 0 Å². The van der Waals surface area contributed by atoms with E-state index in [2.05, 4.69) is 0 Å². The van der Waals surface area contributed by atoms with E-state index in [4.69, 9.17) is 27.9 Å². The van der Waals surface area contributed by atoms with E-state index >= 15 is 0 Å². The molecule has 0 bridgehead atoms. The number of ether oxygens (including phenoxy) is 1. The highest BCUT2D eigenvalue weighted by Crippen LogP contribution is 2.27. The molecule has 0 amide bonds. The molecular formula is C15H14Cl2O4S. The molecule has 2 aromatic carbocycles. The summed E-state index contributed by atoms with van der Waals surface area (Å²) in [5.74, 6) is 0.112. The molecule has 0 saturated carbocycles. The summed E-state index contributed by atoms with van der Waals surface area (Å²) in [5, 5.41) is 10.7. The molecule has 2 rings (SSSR count). The van der Waals surface area contributed by atoms with Crippen molar-refractivity contribution >= 4 is 33.0 Å². The number of methoxy groups -OCH3 is 1. The first-order valence-electron chi connectivity index (χ1n) is 6.33. The van der Waals surface area contributed by atoms with Crippen molar-refractivity contribution in [1.29, 1.82) is 0 Å². The van der Waals surface area contributed by atoms with Crippen LogP contribution in [0.4, 0.5) is 0 Å². The fourth-order valence-corrected chi connectivity index (χ4v) is 3.56. The summed E-state index contributed by atoms with van der Waals surface area (Å²) in [6, 6.07) is 10.5. The summed E-state index contributed by atoms with van der Waals surface area (Å²) < 4.78 is 29.6. The standard InChI is InChI=1S/C15H14Cl2O4S/c1-21-11-3-5-12(6-4-11)22(19,20)9-15(18)10-2-7-13(16)14(17)8-10/h2-8,15,18H,9H2,1H3. The van der Waals surface area contributed by atoms with E-state index in [1.54, 1.807) is 18.2 Å². The summed E-state index contributed by atoms with van der Waals surface area (Å²) in [6.07, 6.45) is -1.19. The molecule has 0 aromatic heterocycles. The second kappa shape index (κ2) is 6.87. The molecule has 0 aliphatic heterocycles. The van der Waals surface area contributed by atoms with Crippen LogP contribution in [0.25, 0.3) is 0 Å². The highest BCUT2D eigenvalue weighted by molar-refractivity contribution is 7.91. The molecule has 2 aromatic rings. The van der Waals surface area contributed by atoms with E-state index in [1.165, 1.54) is 31.4 Å². The van der Waals surface area contributed by atoms with E-state index in [0.717, 1.165) is 0 Å². The molecule has 0 saturated heterocycles. The Kier molecular flexibility index (Phi) is 5.34. The third-order valence-electron chi connectivity index (χ3n) is 3.12. The summed E-state index contributed by atoms with van der Waals surface area (Å²) >= 11 is 11.7. The first kappa shape index (κ1) is 17.1. The van der Waals surface area contributed by atoms with Gasteiger partial charge in [-0.3, -0.25) is 0 Å². The van der Waals surface area contributed by atoms with Crippen molar-refractivity contribution in [2.24, 2.45) is 0 Å². The van der Waals surface area contributed by atoms with Gasteiger partial charge in [0.05, 0.1) is 33.9 Å². The number of aliphatic hydroxyl groups excluding tert-OH is 1. The molecule has 0 heterocycles. The monoisotopic (exact) mass is 360 g/mol. The highest BCUT2D eigenvalue weighted by Gasteiger charge is 2.21. The molecule has 7 heteroatoms. The van der Waals surface area contributed by atoms with Gasteiger partial charge in [-0.1, -0.05) is 29.3 Å². The summed E-state index contributed by atoms with van der Waals surface area (Å²) in [6.45, 7) is 0. The van der Waals surface area contributed by atoms with Crippen LogP contribution in [-0.4, -0.2) is 26.4 Å². The quantitative estimate of drug-likeness (QED) is 0.885. The maximum Gasteiger partial charge on any atom is 0.181 e. The molecule has 0 radical (unpaired) electrons. The Morgan fingerprint density at radius 2 is 1.73 bits per heavy atom. The predicted octanol–water partition coefficient (Wildman–Crippen LogP) is 3.51. The molecule has 0 aliphatic carbocycles. The normalized spacial score (nSPS) is 12.9. The van der Waals surface area contributed by atoms with Crippen LogP contribution < -0.4 is 4.74 Å². The average Bonchev–Trinajstić information content (AvgIpc) is 2.49. The molecule has 0 aliphatic rings. The van der Waals surface area contributed by atoms with Gasteiger partial charge in [0.2, 0.25) is 0 Å². The minimum absolute atomic E-state index is 0.118. The van der Waals surface area contributed by atoms with Crippen LogP contribution in [0.3, 0.4) is 0 Å². The number of hydrogen-bond donors (Lipinski definition) is 1. The minimum atomic E-state index is -3.64. The van der Waals surface area contributed by atoms with Gasteiger partial charge < -0.3 is 9.84 Å². The van der Waals surface area contributed by atoms with Gasteiger partial charge >= 0.3 is 0 Å².